The number of hydrogen-bond acceptors (Lipinski definition) is 7. The molecule has 7 N–H and O–H groups in total. The first-order valence-corrected chi connectivity index (χ1v) is 9.02. The van der Waals surface area contributed by atoms with E-state index in [-0.39, 0.29) is 6.61 Å². The summed E-state index contributed by atoms with van der Waals surface area (Å²) in [7, 11) is 0. The summed E-state index contributed by atoms with van der Waals surface area (Å²) >= 11 is 0. The Bertz CT molecular complexity index is 231. The van der Waals surface area contributed by atoms with Crippen LogP contribution in [0.5, 0.6) is 0 Å². The highest BCUT2D eigenvalue weighted by atomic mass is 16.3. The van der Waals surface area contributed by atoms with Gasteiger partial charge in [0.2, 0.25) is 0 Å². The molecule has 0 amide bonds. The first kappa shape index (κ1) is 22.7. The summed E-state index contributed by atoms with van der Waals surface area (Å²) in [6, 6.07) is 0.952. The molecule has 0 heterocycles. The number of hydrogen-bond donors (Lipinski definition) is 7. The van der Waals surface area contributed by atoms with Gasteiger partial charge in [-0.05, 0) is 27.7 Å². The van der Waals surface area contributed by atoms with Crippen molar-refractivity contribution in [1.29, 1.82) is 0 Å². The summed E-state index contributed by atoms with van der Waals surface area (Å²) in [6.45, 7) is 16.2. The predicted molar refractivity (Wildman–Crippen MR) is 98.9 cm³/mol. The lowest BCUT2D eigenvalue weighted by molar-refractivity contribution is 0.292. The van der Waals surface area contributed by atoms with Crippen LogP contribution >= 0.6 is 0 Å². The molecule has 7 nitrogen and oxygen atoms in total. The molecule has 0 aromatic carbocycles. The fourth-order valence-corrected chi connectivity index (χ4v) is 2.20. The van der Waals surface area contributed by atoms with Gasteiger partial charge >= 0.3 is 0 Å². The Morgan fingerprint density at radius 1 is 0.609 bits per heavy atom. The molecule has 0 saturated heterocycles. The molecule has 0 aromatic heterocycles. The van der Waals surface area contributed by atoms with Crippen LogP contribution in [0.3, 0.4) is 0 Å². The Morgan fingerprint density at radius 2 is 1.00 bits per heavy atom. The van der Waals surface area contributed by atoms with Crippen LogP contribution in [-0.4, -0.2) is 82.3 Å². The van der Waals surface area contributed by atoms with Crippen LogP contribution in [0, 0.1) is 0 Å². The zero-order valence-electron chi connectivity index (χ0n) is 15.5. The fraction of sp³-hybridized carbons (Fsp3) is 1.00. The quantitative estimate of drug-likeness (QED) is 0.131. The van der Waals surface area contributed by atoms with E-state index in [1.54, 1.807) is 0 Å². The van der Waals surface area contributed by atoms with Gasteiger partial charge in [0.25, 0.3) is 0 Å². The molecule has 0 atom stereocenters. The summed E-state index contributed by atoms with van der Waals surface area (Å²) in [5.41, 5.74) is 0. The molecule has 0 fully saturated rings. The lowest BCUT2D eigenvalue weighted by Crippen LogP contribution is -2.53. The second kappa shape index (κ2) is 16.6. The van der Waals surface area contributed by atoms with E-state index in [0.29, 0.717) is 24.8 Å². The maximum Gasteiger partial charge on any atom is 0.0704 e. The molecule has 0 aromatic rings. The van der Waals surface area contributed by atoms with Crippen LogP contribution in [-0.2, 0) is 0 Å². The summed E-state index contributed by atoms with van der Waals surface area (Å²) < 4.78 is 0. The van der Waals surface area contributed by atoms with Crippen LogP contribution in [0.15, 0.2) is 0 Å². The van der Waals surface area contributed by atoms with E-state index in [4.69, 9.17) is 5.11 Å². The van der Waals surface area contributed by atoms with Crippen molar-refractivity contribution < 1.29 is 5.11 Å². The SMILES string of the molecule is CC(C)NC(CNCCNCCNCCNCCO)NC(C)C. The summed E-state index contributed by atoms with van der Waals surface area (Å²) in [5, 5.41) is 29.1. The summed E-state index contributed by atoms with van der Waals surface area (Å²) in [5.74, 6) is 0. The predicted octanol–water partition coefficient (Wildman–Crippen LogP) is -1.34. The van der Waals surface area contributed by atoms with E-state index < -0.39 is 0 Å². The highest BCUT2D eigenvalue weighted by molar-refractivity contribution is 4.72. The molecule has 23 heavy (non-hydrogen) atoms. The van der Waals surface area contributed by atoms with E-state index >= 15 is 0 Å². The molecule has 0 aliphatic carbocycles. The highest BCUT2D eigenvalue weighted by Crippen LogP contribution is 1.86. The van der Waals surface area contributed by atoms with Crippen molar-refractivity contribution in [2.45, 2.75) is 45.9 Å². The molecule has 0 bridgehead atoms. The topological polar surface area (TPSA) is 92.4 Å². The maximum atomic E-state index is 8.62. The van der Waals surface area contributed by atoms with Crippen molar-refractivity contribution in [3.63, 3.8) is 0 Å². The van der Waals surface area contributed by atoms with Crippen LogP contribution in [0.1, 0.15) is 27.7 Å². The minimum Gasteiger partial charge on any atom is -0.395 e. The van der Waals surface area contributed by atoms with E-state index in [9.17, 15) is 0 Å². The van der Waals surface area contributed by atoms with Gasteiger partial charge in [-0.15, -0.1) is 0 Å². The van der Waals surface area contributed by atoms with Gasteiger partial charge in [0, 0.05) is 64.4 Å². The Kier molecular flexibility index (Phi) is 16.4. The van der Waals surface area contributed by atoms with Crippen molar-refractivity contribution in [2.75, 3.05) is 59.0 Å². The molecule has 0 spiro atoms. The summed E-state index contributed by atoms with van der Waals surface area (Å²) in [4.78, 5) is 0. The van der Waals surface area contributed by atoms with Gasteiger partial charge in [0.05, 0.1) is 12.8 Å². The van der Waals surface area contributed by atoms with Crippen LogP contribution in [0.25, 0.3) is 0 Å². The lowest BCUT2D eigenvalue weighted by atomic mass is 10.3. The van der Waals surface area contributed by atoms with Gasteiger partial charge in [-0.25, -0.2) is 0 Å². The van der Waals surface area contributed by atoms with Crippen LogP contribution in [0.4, 0.5) is 0 Å². The fourth-order valence-electron chi connectivity index (χ4n) is 2.20. The first-order chi connectivity index (χ1) is 11.1. The van der Waals surface area contributed by atoms with Crippen molar-refractivity contribution in [3.8, 4) is 0 Å². The van der Waals surface area contributed by atoms with E-state index in [1.807, 2.05) is 0 Å². The zero-order chi connectivity index (χ0) is 17.3. The maximum absolute atomic E-state index is 8.62. The first-order valence-electron chi connectivity index (χ1n) is 9.02. The molecular weight excluding hydrogens is 292 g/mol. The molecular formula is C16H40N6O. The van der Waals surface area contributed by atoms with Gasteiger partial charge in [0.15, 0.2) is 0 Å². The molecule has 0 aliphatic heterocycles. The standard InChI is InChI=1S/C16H40N6O/c1-14(2)21-16(22-15(3)4)13-20-10-9-18-6-5-17-7-8-19-11-12-23/h14-23H,5-13H2,1-4H3. The van der Waals surface area contributed by atoms with Gasteiger partial charge < -0.3 is 26.4 Å². The second-order valence-corrected chi connectivity index (χ2v) is 6.37. The van der Waals surface area contributed by atoms with E-state index in [1.165, 1.54) is 0 Å². The van der Waals surface area contributed by atoms with Crippen molar-refractivity contribution in [2.24, 2.45) is 0 Å². The molecule has 7 heteroatoms. The summed E-state index contributed by atoms with van der Waals surface area (Å²) in [6.07, 6.45) is 0.308. The number of nitrogens with one attached hydrogen (secondary N) is 6. The normalized spacial score (nSPS) is 12.0. The van der Waals surface area contributed by atoms with Crippen molar-refractivity contribution >= 4 is 0 Å². The molecule has 0 radical (unpaired) electrons. The highest BCUT2D eigenvalue weighted by Gasteiger charge is 2.09. The third-order valence-corrected chi connectivity index (χ3v) is 3.14. The molecule has 0 unspecified atom stereocenters. The van der Waals surface area contributed by atoms with Gasteiger partial charge in [0.1, 0.15) is 0 Å². The van der Waals surface area contributed by atoms with E-state index in [0.717, 1.165) is 45.8 Å². The minimum absolute atomic E-state index is 0.203. The van der Waals surface area contributed by atoms with Gasteiger partial charge in [-0.2, -0.15) is 0 Å². The lowest BCUT2D eigenvalue weighted by Gasteiger charge is -2.25. The number of aliphatic hydroxyl groups excluding tert-OH is 1. The van der Waals surface area contributed by atoms with E-state index in [2.05, 4.69) is 59.6 Å². The third-order valence-electron chi connectivity index (χ3n) is 3.14. The van der Waals surface area contributed by atoms with Crippen molar-refractivity contribution in [3.05, 3.63) is 0 Å². The van der Waals surface area contributed by atoms with Crippen LogP contribution < -0.4 is 31.9 Å². The zero-order valence-corrected chi connectivity index (χ0v) is 15.5. The monoisotopic (exact) mass is 332 g/mol. The second-order valence-electron chi connectivity index (χ2n) is 6.37. The Morgan fingerprint density at radius 3 is 1.39 bits per heavy atom. The van der Waals surface area contributed by atoms with Crippen molar-refractivity contribution in [1.82, 2.24) is 31.9 Å². The van der Waals surface area contributed by atoms with Gasteiger partial charge in [-0.1, -0.05) is 0 Å². The smallest absolute Gasteiger partial charge is 0.0704 e. The third kappa shape index (κ3) is 17.9. The minimum atomic E-state index is 0.203. The Labute approximate surface area is 142 Å². The van der Waals surface area contributed by atoms with Gasteiger partial charge in [-0.3, -0.25) is 10.6 Å². The molecule has 0 saturated carbocycles. The number of rotatable bonds is 17. The molecule has 140 valence electrons. The van der Waals surface area contributed by atoms with Crippen LogP contribution in [0.2, 0.25) is 0 Å². The average Bonchev–Trinajstić information content (AvgIpc) is 2.47. The Hall–Kier alpha value is -0.280. The molecule has 0 aliphatic rings. The largest absolute Gasteiger partial charge is 0.395 e. The molecule has 0 rings (SSSR count). The Balaban J connectivity index is 3.38. The number of aliphatic hydroxyl groups is 1. The average molecular weight is 333 g/mol.